The van der Waals surface area contributed by atoms with Gasteiger partial charge in [-0.25, -0.2) is 0 Å². The maximum atomic E-state index is 13.0. The van der Waals surface area contributed by atoms with Gasteiger partial charge in [-0.15, -0.1) is 26.3 Å². The average Bonchev–Trinajstić information content (AvgIpc) is 2.79. The molecule has 0 fully saturated rings. The second kappa shape index (κ2) is 19.3. The van der Waals surface area contributed by atoms with Gasteiger partial charge in [0, 0.05) is 52.0 Å². The second-order valence-corrected chi connectivity index (χ2v) is 10.3. The van der Waals surface area contributed by atoms with Crippen molar-refractivity contribution >= 4 is 20.6 Å². The summed E-state index contributed by atoms with van der Waals surface area (Å²) in [7, 11) is -2.81. The lowest BCUT2D eigenvalue weighted by Gasteiger charge is -2.31. The van der Waals surface area contributed by atoms with Crippen LogP contribution in [0.25, 0.3) is 0 Å². The number of nitrogens with zero attached hydrogens (tertiary/aromatic N) is 3. The Labute approximate surface area is 207 Å². The molecule has 0 spiro atoms. The third-order valence-corrected chi connectivity index (χ3v) is 8.02. The molecule has 0 rings (SSSR count). The van der Waals surface area contributed by atoms with Crippen LogP contribution in [0.2, 0.25) is 6.04 Å². The molecule has 9 heteroatoms. The zero-order valence-corrected chi connectivity index (χ0v) is 22.5. The minimum absolute atomic E-state index is 0.0884. The lowest BCUT2D eigenvalue weighted by molar-refractivity contribution is -0.134. The Morgan fingerprint density at radius 1 is 0.706 bits per heavy atom. The first-order chi connectivity index (χ1) is 16.4. The number of amides is 2. The van der Waals surface area contributed by atoms with Crippen LogP contribution in [0, 0.1) is 0 Å². The zero-order chi connectivity index (χ0) is 25.8. The molecule has 0 aromatic rings. The molecule has 8 nitrogen and oxygen atoms in total. The molecule has 2 amide bonds. The molecule has 0 heterocycles. The summed E-state index contributed by atoms with van der Waals surface area (Å²) in [5, 5.41) is 0. The van der Waals surface area contributed by atoms with Crippen molar-refractivity contribution in [3.05, 3.63) is 50.6 Å². The highest BCUT2D eigenvalue weighted by Crippen LogP contribution is 2.18. The van der Waals surface area contributed by atoms with Gasteiger partial charge in [0.05, 0.1) is 13.1 Å². The Morgan fingerprint density at radius 2 is 1.06 bits per heavy atom. The molecule has 0 aliphatic heterocycles. The molecule has 0 aromatic heterocycles. The van der Waals surface area contributed by atoms with E-state index in [0.29, 0.717) is 65.0 Å². The van der Waals surface area contributed by atoms with Gasteiger partial charge in [0.1, 0.15) is 0 Å². The standard InChI is InChI=1S/C25H45N3O5Si/c1-8-16-27(17-9-2)24(29)22-26(23-25(30)28(18-10-3)19-11-4)20-15-21-34(31-12-5,32-13-6)33-14-7/h8-11H,1-4,12-23H2,5-7H3. The number of hydrogen-bond acceptors (Lipinski definition) is 6. The van der Waals surface area contributed by atoms with Crippen LogP contribution >= 0.6 is 0 Å². The van der Waals surface area contributed by atoms with Crippen molar-refractivity contribution < 1.29 is 22.9 Å². The first kappa shape index (κ1) is 32.0. The van der Waals surface area contributed by atoms with Gasteiger partial charge in [-0.2, -0.15) is 0 Å². The summed E-state index contributed by atoms with van der Waals surface area (Å²) in [6, 6.07) is 0.605. The topological polar surface area (TPSA) is 71.5 Å². The summed E-state index contributed by atoms with van der Waals surface area (Å²) in [6.45, 7) is 24.6. The normalized spacial score (nSPS) is 11.2. The molecule has 0 unspecified atom stereocenters. The van der Waals surface area contributed by atoms with E-state index in [1.54, 1.807) is 34.1 Å². The van der Waals surface area contributed by atoms with Crippen LogP contribution in [0.1, 0.15) is 27.2 Å². The Kier molecular flexibility index (Phi) is 18.1. The molecule has 0 saturated carbocycles. The van der Waals surface area contributed by atoms with E-state index in [2.05, 4.69) is 26.3 Å². The van der Waals surface area contributed by atoms with Crippen LogP contribution in [0.3, 0.4) is 0 Å². The lowest BCUT2D eigenvalue weighted by Crippen LogP contribution is -2.48. The van der Waals surface area contributed by atoms with Gasteiger partial charge in [0.25, 0.3) is 0 Å². The minimum Gasteiger partial charge on any atom is -0.374 e. The fraction of sp³-hybridized carbons (Fsp3) is 0.600. The minimum atomic E-state index is -2.81. The van der Waals surface area contributed by atoms with E-state index in [9.17, 15) is 9.59 Å². The van der Waals surface area contributed by atoms with Gasteiger partial charge < -0.3 is 23.1 Å². The summed E-state index contributed by atoms with van der Waals surface area (Å²) < 4.78 is 17.8. The van der Waals surface area contributed by atoms with Gasteiger partial charge >= 0.3 is 8.80 Å². The SMILES string of the molecule is C=CCN(CC=C)C(=O)CN(CCC[Si](OCC)(OCC)OCC)CC(=O)N(CC=C)CC=C. The van der Waals surface area contributed by atoms with Gasteiger partial charge in [-0.1, -0.05) is 24.3 Å². The molecule has 0 aliphatic carbocycles. The Balaban J connectivity index is 5.51. The number of hydrogen-bond donors (Lipinski definition) is 0. The Morgan fingerprint density at radius 3 is 1.35 bits per heavy atom. The molecular formula is C25H45N3O5Si. The van der Waals surface area contributed by atoms with E-state index >= 15 is 0 Å². The molecule has 0 aromatic carbocycles. The van der Waals surface area contributed by atoms with E-state index in [1.165, 1.54) is 0 Å². The summed E-state index contributed by atoms with van der Waals surface area (Å²) in [6.07, 6.45) is 7.38. The average molecular weight is 496 g/mol. The summed E-state index contributed by atoms with van der Waals surface area (Å²) in [5.41, 5.74) is 0. The fourth-order valence-electron chi connectivity index (χ4n) is 3.50. The van der Waals surface area contributed by atoms with Gasteiger partial charge in [-0.3, -0.25) is 14.5 Å². The zero-order valence-electron chi connectivity index (χ0n) is 21.5. The molecule has 34 heavy (non-hydrogen) atoms. The van der Waals surface area contributed by atoms with Crippen molar-refractivity contribution in [2.24, 2.45) is 0 Å². The van der Waals surface area contributed by atoms with Gasteiger partial charge in [0.2, 0.25) is 11.8 Å². The van der Waals surface area contributed by atoms with Crippen LogP contribution in [0.4, 0.5) is 0 Å². The van der Waals surface area contributed by atoms with Crippen molar-refractivity contribution in [1.29, 1.82) is 0 Å². The van der Waals surface area contributed by atoms with E-state index in [-0.39, 0.29) is 24.9 Å². The largest absolute Gasteiger partial charge is 0.500 e. The predicted molar refractivity (Wildman–Crippen MR) is 140 cm³/mol. The highest BCUT2D eigenvalue weighted by atomic mass is 28.4. The fourth-order valence-corrected chi connectivity index (χ4v) is 6.09. The maximum absolute atomic E-state index is 13.0. The Hall–Kier alpha value is -2.04. The summed E-state index contributed by atoms with van der Waals surface area (Å²) in [4.78, 5) is 31.1. The molecule has 0 N–H and O–H groups in total. The van der Waals surface area contributed by atoms with Crippen molar-refractivity contribution in [2.75, 3.05) is 65.6 Å². The molecule has 0 radical (unpaired) electrons. The van der Waals surface area contributed by atoms with Gasteiger partial charge in [-0.05, 0) is 33.7 Å². The van der Waals surface area contributed by atoms with Crippen LogP contribution in [-0.4, -0.2) is 101 Å². The number of carbonyl (C=O) groups excluding carboxylic acids is 2. The van der Waals surface area contributed by atoms with Crippen LogP contribution in [0.15, 0.2) is 50.6 Å². The van der Waals surface area contributed by atoms with Crippen LogP contribution in [-0.2, 0) is 22.9 Å². The van der Waals surface area contributed by atoms with E-state index in [1.807, 2.05) is 25.7 Å². The molecule has 194 valence electrons. The quantitative estimate of drug-likeness (QED) is 0.170. The second-order valence-electron chi connectivity index (χ2n) is 7.55. The third-order valence-electron chi connectivity index (χ3n) is 4.87. The highest BCUT2D eigenvalue weighted by molar-refractivity contribution is 6.60. The molecule has 0 saturated heterocycles. The molecular weight excluding hydrogens is 450 g/mol. The van der Waals surface area contributed by atoms with E-state index in [4.69, 9.17) is 13.3 Å². The number of rotatable bonds is 22. The van der Waals surface area contributed by atoms with Crippen molar-refractivity contribution in [3.8, 4) is 0 Å². The first-order valence-corrected chi connectivity index (χ1v) is 13.9. The van der Waals surface area contributed by atoms with E-state index in [0.717, 1.165) is 0 Å². The van der Waals surface area contributed by atoms with Crippen LogP contribution in [0.5, 0.6) is 0 Å². The molecule has 0 aliphatic rings. The smallest absolute Gasteiger partial charge is 0.374 e. The highest BCUT2D eigenvalue weighted by Gasteiger charge is 2.39. The third kappa shape index (κ3) is 12.4. The van der Waals surface area contributed by atoms with Crippen molar-refractivity contribution in [1.82, 2.24) is 14.7 Å². The number of carbonyl (C=O) groups is 2. The monoisotopic (exact) mass is 495 g/mol. The molecule has 0 bridgehead atoms. The Bertz CT molecular complexity index is 569. The van der Waals surface area contributed by atoms with Crippen molar-refractivity contribution in [3.63, 3.8) is 0 Å². The predicted octanol–water partition coefficient (Wildman–Crippen LogP) is 3.13. The first-order valence-electron chi connectivity index (χ1n) is 12.0. The summed E-state index contributed by atoms with van der Waals surface area (Å²) >= 11 is 0. The summed E-state index contributed by atoms with van der Waals surface area (Å²) in [5.74, 6) is -0.177. The lowest BCUT2D eigenvalue weighted by atomic mass is 10.3. The van der Waals surface area contributed by atoms with E-state index < -0.39 is 8.80 Å². The van der Waals surface area contributed by atoms with Crippen LogP contribution < -0.4 is 0 Å². The van der Waals surface area contributed by atoms with Gasteiger partial charge in [0.15, 0.2) is 0 Å². The van der Waals surface area contributed by atoms with Crippen molar-refractivity contribution in [2.45, 2.75) is 33.2 Å². The maximum Gasteiger partial charge on any atom is 0.500 e. The molecule has 0 atom stereocenters.